The maximum absolute atomic E-state index is 4.87. The number of anilines is 3. The SMILES string of the molecule is CCc1c(C)nc2c(C)cccc2c1Nc1ccc(N2CCN(C)C2)cc1. The first-order valence-corrected chi connectivity index (χ1v) is 9.76. The number of rotatable bonds is 4. The third kappa shape index (κ3) is 3.37. The van der Waals surface area contributed by atoms with Gasteiger partial charge in [0.25, 0.3) is 0 Å². The van der Waals surface area contributed by atoms with Crippen LogP contribution >= 0.6 is 0 Å². The maximum atomic E-state index is 4.87. The molecule has 0 atom stereocenters. The lowest BCUT2D eigenvalue weighted by Gasteiger charge is -2.20. The number of hydrogen-bond donors (Lipinski definition) is 1. The number of benzene rings is 2. The van der Waals surface area contributed by atoms with Gasteiger partial charge < -0.3 is 10.2 Å². The van der Waals surface area contributed by atoms with Gasteiger partial charge in [-0.05, 0) is 62.7 Å². The summed E-state index contributed by atoms with van der Waals surface area (Å²) in [7, 11) is 2.17. The highest BCUT2D eigenvalue weighted by Gasteiger charge is 2.17. The van der Waals surface area contributed by atoms with E-state index in [1.54, 1.807) is 0 Å². The zero-order valence-electron chi connectivity index (χ0n) is 16.7. The monoisotopic (exact) mass is 360 g/mol. The van der Waals surface area contributed by atoms with Crippen molar-refractivity contribution in [3.63, 3.8) is 0 Å². The molecule has 1 aliphatic rings. The smallest absolute Gasteiger partial charge is 0.0755 e. The number of nitrogens with one attached hydrogen (secondary N) is 1. The molecule has 3 aromatic rings. The Morgan fingerprint density at radius 1 is 1.04 bits per heavy atom. The summed E-state index contributed by atoms with van der Waals surface area (Å²) in [5.41, 5.74) is 8.30. The Hall–Kier alpha value is -2.59. The molecule has 0 aliphatic carbocycles. The van der Waals surface area contributed by atoms with Crippen LogP contribution in [0.1, 0.15) is 23.7 Å². The fourth-order valence-corrected chi connectivity index (χ4v) is 4.00. The van der Waals surface area contributed by atoms with Gasteiger partial charge in [0.1, 0.15) is 0 Å². The highest BCUT2D eigenvalue weighted by atomic mass is 15.4. The predicted molar refractivity (Wildman–Crippen MR) is 115 cm³/mol. The van der Waals surface area contributed by atoms with Gasteiger partial charge in [-0.15, -0.1) is 0 Å². The molecule has 0 amide bonds. The highest BCUT2D eigenvalue weighted by Crippen LogP contribution is 2.33. The van der Waals surface area contributed by atoms with Crippen molar-refractivity contribution in [3.8, 4) is 0 Å². The number of aromatic nitrogens is 1. The summed E-state index contributed by atoms with van der Waals surface area (Å²) < 4.78 is 0. The van der Waals surface area contributed by atoms with E-state index in [9.17, 15) is 0 Å². The average molecular weight is 361 g/mol. The van der Waals surface area contributed by atoms with Crippen LogP contribution in [0.5, 0.6) is 0 Å². The van der Waals surface area contributed by atoms with Gasteiger partial charge in [-0.1, -0.05) is 25.1 Å². The summed E-state index contributed by atoms with van der Waals surface area (Å²) >= 11 is 0. The van der Waals surface area contributed by atoms with Crippen LogP contribution in [0, 0.1) is 13.8 Å². The molecule has 140 valence electrons. The first kappa shape index (κ1) is 17.8. The minimum absolute atomic E-state index is 0.962. The van der Waals surface area contributed by atoms with Crippen LogP contribution in [0.25, 0.3) is 10.9 Å². The van der Waals surface area contributed by atoms with Crippen molar-refractivity contribution < 1.29 is 0 Å². The summed E-state index contributed by atoms with van der Waals surface area (Å²) in [4.78, 5) is 9.62. The van der Waals surface area contributed by atoms with Crippen molar-refractivity contribution in [2.75, 3.05) is 37.0 Å². The Labute approximate surface area is 161 Å². The van der Waals surface area contributed by atoms with Crippen molar-refractivity contribution in [2.24, 2.45) is 0 Å². The molecule has 2 heterocycles. The van der Waals surface area contributed by atoms with Crippen molar-refractivity contribution >= 4 is 28.0 Å². The lowest BCUT2D eigenvalue weighted by Crippen LogP contribution is -2.22. The second-order valence-corrected chi connectivity index (χ2v) is 7.53. The Morgan fingerprint density at radius 2 is 1.81 bits per heavy atom. The third-order valence-electron chi connectivity index (χ3n) is 5.54. The van der Waals surface area contributed by atoms with Crippen molar-refractivity contribution in [3.05, 3.63) is 59.3 Å². The Morgan fingerprint density at radius 3 is 2.48 bits per heavy atom. The van der Waals surface area contributed by atoms with Crippen LogP contribution in [-0.4, -0.2) is 36.7 Å². The van der Waals surface area contributed by atoms with Crippen LogP contribution in [0.2, 0.25) is 0 Å². The molecule has 1 fully saturated rings. The summed E-state index contributed by atoms with van der Waals surface area (Å²) in [5.74, 6) is 0. The van der Waals surface area contributed by atoms with E-state index in [4.69, 9.17) is 4.98 Å². The standard InChI is InChI=1S/C23H28N4/c1-5-20-17(3)24-22-16(2)7-6-8-21(22)23(20)25-18-9-11-19(12-10-18)27-14-13-26(4)15-27/h6-12H,5,13-15H2,1-4H3,(H,24,25). The summed E-state index contributed by atoms with van der Waals surface area (Å²) in [6.45, 7) is 9.66. The van der Waals surface area contributed by atoms with Crippen molar-refractivity contribution in [1.29, 1.82) is 0 Å². The van der Waals surface area contributed by atoms with E-state index in [0.29, 0.717) is 0 Å². The fourth-order valence-electron chi connectivity index (χ4n) is 4.00. The van der Waals surface area contributed by atoms with Gasteiger partial charge in [-0.25, -0.2) is 0 Å². The minimum Gasteiger partial charge on any atom is -0.357 e. The Bertz CT molecular complexity index is 962. The average Bonchev–Trinajstić information content (AvgIpc) is 3.10. The molecule has 4 heteroatoms. The fraction of sp³-hybridized carbons (Fsp3) is 0.348. The molecule has 4 rings (SSSR count). The van der Waals surface area contributed by atoms with Crippen LogP contribution < -0.4 is 10.2 Å². The van der Waals surface area contributed by atoms with Gasteiger partial charge in [0.05, 0.1) is 17.9 Å². The second-order valence-electron chi connectivity index (χ2n) is 7.53. The largest absolute Gasteiger partial charge is 0.357 e. The molecule has 1 N–H and O–H groups in total. The molecule has 0 saturated carbocycles. The number of pyridine rings is 1. The first-order valence-electron chi connectivity index (χ1n) is 9.76. The molecule has 0 spiro atoms. The molecular formula is C23H28N4. The van der Waals surface area contributed by atoms with Gasteiger partial charge in [-0.3, -0.25) is 9.88 Å². The Kier molecular flexibility index (Phi) is 4.75. The normalized spacial score (nSPS) is 14.9. The Balaban J connectivity index is 1.69. The van der Waals surface area contributed by atoms with E-state index < -0.39 is 0 Å². The number of fused-ring (bicyclic) bond motifs is 1. The lowest BCUT2D eigenvalue weighted by atomic mass is 10.0. The van der Waals surface area contributed by atoms with E-state index in [1.165, 1.54) is 27.9 Å². The van der Waals surface area contributed by atoms with Crippen molar-refractivity contribution in [2.45, 2.75) is 27.2 Å². The quantitative estimate of drug-likeness (QED) is 0.719. The molecule has 1 aliphatic heterocycles. The van der Waals surface area contributed by atoms with E-state index >= 15 is 0 Å². The predicted octanol–water partition coefficient (Wildman–Crippen LogP) is 4.87. The molecule has 0 radical (unpaired) electrons. The number of aryl methyl sites for hydroxylation is 2. The van der Waals surface area contributed by atoms with E-state index in [0.717, 1.165) is 43.1 Å². The maximum Gasteiger partial charge on any atom is 0.0755 e. The summed E-state index contributed by atoms with van der Waals surface area (Å²) in [6, 6.07) is 15.2. The topological polar surface area (TPSA) is 31.4 Å². The van der Waals surface area contributed by atoms with E-state index in [1.807, 2.05) is 0 Å². The summed E-state index contributed by atoms with van der Waals surface area (Å²) in [5, 5.41) is 4.89. The zero-order chi connectivity index (χ0) is 19.0. The van der Waals surface area contributed by atoms with E-state index in [-0.39, 0.29) is 0 Å². The van der Waals surface area contributed by atoms with Gasteiger partial charge >= 0.3 is 0 Å². The number of likely N-dealkylation sites (N-methyl/N-ethyl adjacent to an activating group) is 1. The van der Waals surface area contributed by atoms with Gasteiger partial charge in [0.15, 0.2) is 0 Å². The summed E-state index contributed by atoms with van der Waals surface area (Å²) in [6.07, 6.45) is 0.962. The second kappa shape index (κ2) is 7.20. The molecular weight excluding hydrogens is 332 g/mol. The molecule has 1 aromatic heterocycles. The molecule has 0 unspecified atom stereocenters. The van der Waals surface area contributed by atoms with Crippen LogP contribution in [0.4, 0.5) is 17.1 Å². The first-order chi connectivity index (χ1) is 13.1. The zero-order valence-corrected chi connectivity index (χ0v) is 16.7. The van der Waals surface area contributed by atoms with Crippen molar-refractivity contribution in [1.82, 2.24) is 9.88 Å². The van der Waals surface area contributed by atoms with Gasteiger partial charge in [0, 0.05) is 35.5 Å². The van der Waals surface area contributed by atoms with E-state index in [2.05, 4.69) is 85.4 Å². The number of para-hydroxylation sites is 1. The molecule has 1 saturated heterocycles. The molecule has 2 aromatic carbocycles. The minimum atomic E-state index is 0.962. The highest BCUT2D eigenvalue weighted by molar-refractivity contribution is 5.96. The number of nitrogens with zero attached hydrogens (tertiary/aromatic N) is 3. The third-order valence-corrected chi connectivity index (χ3v) is 5.54. The van der Waals surface area contributed by atoms with Crippen LogP contribution in [0.3, 0.4) is 0 Å². The molecule has 27 heavy (non-hydrogen) atoms. The number of hydrogen-bond acceptors (Lipinski definition) is 4. The molecule has 0 bridgehead atoms. The lowest BCUT2D eigenvalue weighted by molar-refractivity contribution is 0.421. The van der Waals surface area contributed by atoms with Gasteiger partial charge in [0.2, 0.25) is 0 Å². The van der Waals surface area contributed by atoms with Gasteiger partial charge in [-0.2, -0.15) is 0 Å². The molecule has 4 nitrogen and oxygen atoms in total. The van der Waals surface area contributed by atoms with Crippen LogP contribution in [-0.2, 0) is 6.42 Å². The van der Waals surface area contributed by atoms with Crippen LogP contribution in [0.15, 0.2) is 42.5 Å².